The van der Waals surface area contributed by atoms with E-state index in [1.165, 1.54) is 24.8 Å². The number of hydrazine groups is 1. The van der Waals surface area contributed by atoms with Crippen LogP contribution in [0.3, 0.4) is 0 Å². The Hall–Kier alpha value is -1.26. The van der Waals surface area contributed by atoms with Crippen LogP contribution in [0.25, 0.3) is 0 Å². The van der Waals surface area contributed by atoms with Crippen molar-refractivity contribution in [3.63, 3.8) is 0 Å². The van der Waals surface area contributed by atoms with Crippen molar-refractivity contribution in [2.24, 2.45) is 5.84 Å². The Kier molecular flexibility index (Phi) is 4.02. The van der Waals surface area contributed by atoms with E-state index in [2.05, 4.69) is 21.5 Å². The third kappa shape index (κ3) is 2.65. The van der Waals surface area contributed by atoms with Crippen molar-refractivity contribution in [2.75, 3.05) is 0 Å². The highest BCUT2D eigenvalue weighted by Gasteiger charge is 2.18. The minimum absolute atomic E-state index is 0.0284. The lowest BCUT2D eigenvalue weighted by Gasteiger charge is -2.17. The zero-order valence-electron chi connectivity index (χ0n) is 9.39. The number of nitrogens with one attached hydrogen (secondary N) is 1. The van der Waals surface area contributed by atoms with Gasteiger partial charge in [-0.15, -0.1) is 0 Å². The zero-order valence-corrected chi connectivity index (χ0v) is 9.39. The fourth-order valence-electron chi connectivity index (χ4n) is 2.11. The molecule has 0 fully saturated rings. The molecule has 1 aliphatic rings. The molecular formula is C12H18N4. The molecule has 3 N–H and O–H groups in total. The van der Waals surface area contributed by atoms with Crippen molar-refractivity contribution in [2.45, 2.75) is 38.1 Å². The van der Waals surface area contributed by atoms with Crippen LogP contribution < -0.4 is 11.3 Å². The van der Waals surface area contributed by atoms with Gasteiger partial charge in [0.2, 0.25) is 0 Å². The van der Waals surface area contributed by atoms with Gasteiger partial charge in [-0.3, -0.25) is 5.84 Å². The average Bonchev–Trinajstić information content (AvgIpc) is 2.61. The van der Waals surface area contributed by atoms with Crippen molar-refractivity contribution in [1.29, 1.82) is 0 Å². The van der Waals surface area contributed by atoms with E-state index in [9.17, 15) is 0 Å². The van der Waals surface area contributed by atoms with E-state index in [1.54, 1.807) is 12.4 Å². The molecule has 1 aromatic rings. The van der Waals surface area contributed by atoms with Gasteiger partial charge in [-0.05, 0) is 37.3 Å². The number of aromatic nitrogens is 2. The van der Waals surface area contributed by atoms with Crippen LogP contribution >= 0.6 is 0 Å². The fourth-order valence-corrected chi connectivity index (χ4v) is 2.11. The molecule has 1 atom stereocenters. The van der Waals surface area contributed by atoms with Crippen LogP contribution in [-0.4, -0.2) is 9.97 Å². The predicted molar refractivity (Wildman–Crippen MR) is 63.3 cm³/mol. The quantitative estimate of drug-likeness (QED) is 0.462. The summed E-state index contributed by atoms with van der Waals surface area (Å²) in [6.45, 7) is 0. The van der Waals surface area contributed by atoms with Gasteiger partial charge in [0.15, 0.2) is 5.82 Å². The molecule has 4 nitrogen and oxygen atoms in total. The normalized spacial score (nSPS) is 18.7. The molecule has 0 saturated carbocycles. The van der Waals surface area contributed by atoms with Gasteiger partial charge < -0.3 is 0 Å². The number of nitrogens with two attached hydrogens (primary N) is 1. The molecular weight excluding hydrogens is 200 g/mol. The van der Waals surface area contributed by atoms with Gasteiger partial charge in [0, 0.05) is 12.4 Å². The Balaban J connectivity index is 2.18. The van der Waals surface area contributed by atoms with Gasteiger partial charge in [-0.2, -0.15) is 0 Å². The van der Waals surface area contributed by atoms with Crippen LogP contribution in [0.1, 0.15) is 44.0 Å². The lowest BCUT2D eigenvalue weighted by molar-refractivity contribution is 0.565. The Labute approximate surface area is 96.0 Å². The second kappa shape index (κ2) is 5.72. The van der Waals surface area contributed by atoms with Crippen LogP contribution in [0.4, 0.5) is 0 Å². The number of nitrogens with zero attached hydrogens (tertiary/aromatic N) is 2. The minimum Gasteiger partial charge on any atom is -0.270 e. The molecule has 0 spiro atoms. The maximum Gasteiger partial charge on any atom is 0.150 e. The molecule has 1 heterocycles. The second-order valence-electron chi connectivity index (χ2n) is 4.09. The summed E-state index contributed by atoms with van der Waals surface area (Å²) in [5, 5.41) is 0. The predicted octanol–water partition coefficient (Wildman–Crippen LogP) is 1.87. The number of hydrogen-bond donors (Lipinski definition) is 2. The first-order chi connectivity index (χ1) is 7.92. The molecule has 1 aliphatic carbocycles. The second-order valence-corrected chi connectivity index (χ2v) is 4.09. The SMILES string of the molecule is NNC(C1=CCCCCC1)c1ncccn1. The first-order valence-corrected chi connectivity index (χ1v) is 5.84. The van der Waals surface area contributed by atoms with E-state index < -0.39 is 0 Å². The van der Waals surface area contributed by atoms with E-state index in [4.69, 9.17) is 5.84 Å². The van der Waals surface area contributed by atoms with Crippen LogP contribution in [-0.2, 0) is 0 Å². The summed E-state index contributed by atoms with van der Waals surface area (Å²) >= 11 is 0. The van der Waals surface area contributed by atoms with Crippen LogP contribution in [0.2, 0.25) is 0 Å². The largest absolute Gasteiger partial charge is 0.270 e. The molecule has 2 rings (SSSR count). The maximum absolute atomic E-state index is 5.62. The molecule has 0 saturated heterocycles. The molecule has 0 radical (unpaired) electrons. The van der Waals surface area contributed by atoms with E-state index in [1.807, 2.05) is 6.07 Å². The van der Waals surface area contributed by atoms with Gasteiger partial charge in [0.05, 0.1) is 0 Å². The van der Waals surface area contributed by atoms with Gasteiger partial charge in [-0.25, -0.2) is 15.4 Å². The molecule has 1 aromatic heterocycles. The number of hydrogen-bond acceptors (Lipinski definition) is 4. The first kappa shape index (κ1) is 11.2. The van der Waals surface area contributed by atoms with E-state index >= 15 is 0 Å². The molecule has 0 bridgehead atoms. The summed E-state index contributed by atoms with van der Waals surface area (Å²) in [5.41, 5.74) is 4.15. The van der Waals surface area contributed by atoms with Gasteiger partial charge in [0.25, 0.3) is 0 Å². The fraction of sp³-hybridized carbons (Fsp3) is 0.500. The summed E-state index contributed by atoms with van der Waals surface area (Å²) in [4.78, 5) is 8.52. The zero-order chi connectivity index (χ0) is 11.2. The lowest BCUT2D eigenvalue weighted by Crippen LogP contribution is -2.30. The van der Waals surface area contributed by atoms with Crippen LogP contribution in [0, 0.1) is 0 Å². The molecule has 4 heteroatoms. The molecule has 0 amide bonds. The first-order valence-electron chi connectivity index (χ1n) is 5.84. The number of rotatable bonds is 3. The van der Waals surface area contributed by atoms with Crippen molar-refractivity contribution in [3.05, 3.63) is 35.9 Å². The summed E-state index contributed by atoms with van der Waals surface area (Å²) in [6.07, 6.45) is 11.8. The summed E-state index contributed by atoms with van der Waals surface area (Å²) in [7, 11) is 0. The van der Waals surface area contributed by atoms with Crippen molar-refractivity contribution in [1.82, 2.24) is 15.4 Å². The lowest BCUT2D eigenvalue weighted by atomic mass is 10.0. The van der Waals surface area contributed by atoms with Crippen molar-refractivity contribution >= 4 is 0 Å². The maximum atomic E-state index is 5.62. The Morgan fingerprint density at radius 1 is 1.19 bits per heavy atom. The minimum atomic E-state index is -0.0284. The van der Waals surface area contributed by atoms with E-state index in [0.29, 0.717) is 0 Å². The average molecular weight is 218 g/mol. The van der Waals surface area contributed by atoms with Crippen molar-refractivity contribution in [3.8, 4) is 0 Å². The van der Waals surface area contributed by atoms with Crippen LogP contribution in [0.5, 0.6) is 0 Å². The Bertz CT molecular complexity index is 347. The number of allylic oxidation sites excluding steroid dienone is 1. The third-order valence-corrected chi connectivity index (χ3v) is 2.96. The van der Waals surface area contributed by atoms with E-state index in [-0.39, 0.29) is 6.04 Å². The smallest absolute Gasteiger partial charge is 0.150 e. The summed E-state index contributed by atoms with van der Waals surface area (Å²) in [6, 6.07) is 1.79. The van der Waals surface area contributed by atoms with Gasteiger partial charge in [0.1, 0.15) is 6.04 Å². The molecule has 0 aliphatic heterocycles. The van der Waals surface area contributed by atoms with E-state index in [0.717, 1.165) is 18.7 Å². The summed E-state index contributed by atoms with van der Waals surface area (Å²) < 4.78 is 0. The third-order valence-electron chi connectivity index (χ3n) is 2.96. The monoisotopic (exact) mass is 218 g/mol. The highest BCUT2D eigenvalue weighted by Crippen LogP contribution is 2.26. The topological polar surface area (TPSA) is 63.8 Å². The van der Waals surface area contributed by atoms with Crippen LogP contribution in [0.15, 0.2) is 30.1 Å². The molecule has 86 valence electrons. The Morgan fingerprint density at radius 3 is 2.75 bits per heavy atom. The Morgan fingerprint density at radius 2 is 2.00 bits per heavy atom. The summed E-state index contributed by atoms with van der Waals surface area (Å²) in [5.74, 6) is 6.38. The van der Waals surface area contributed by atoms with Gasteiger partial charge in [-0.1, -0.05) is 12.5 Å². The highest BCUT2D eigenvalue weighted by atomic mass is 15.2. The standard InChI is InChI=1S/C12H18N4/c13-16-11(12-14-8-5-9-15-12)10-6-3-1-2-4-7-10/h5-6,8-9,11,16H,1-4,7,13H2. The molecule has 0 aromatic carbocycles. The molecule has 1 unspecified atom stereocenters. The highest BCUT2D eigenvalue weighted by molar-refractivity contribution is 5.18. The van der Waals surface area contributed by atoms with Gasteiger partial charge >= 0.3 is 0 Å². The molecule has 16 heavy (non-hydrogen) atoms. The van der Waals surface area contributed by atoms with Crippen molar-refractivity contribution < 1.29 is 0 Å².